The summed E-state index contributed by atoms with van der Waals surface area (Å²) in [6.45, 7) is 3.65. The van der Waals surface area contributed by atoms with Crippen molar-refractivity contribution in [2.45, 2.75) is 13.8 Å². The molecule has 0 spiro atoms. The summed E-state index contributed by atoms with van der Waals surface area (Å²) in [6.07, 6.45) is 1.26. The van der Waals surface area contributed by atoms with Gasteiger partial charge in [0.25, 0.3) is 5.91 Å². The summed E-state index contributed by atoms with van der Waals surface area (Å²) in [4.78, 5) is 11.2. The smallest absolute Gasteiger partial charge is 0.267 e. The average molecular weight is 185 g/mol. The SMILES string of the molecule is Cc1cc(C)n(C(=O)/C=C/Cl)n1. The van der Waals surface area contributed by atoms with E-state index in [-0.39, 0.29) is 5.91 Å². The zero-order valence-corrected chi connectivity index (χ0v) is 7.67. The largest absolute Gasteiger partial charge is 0.271 e. The van der Waals surface area contributed by atoms with Gasteiger partial charge < -0.3 is 0 Å². The predicted octanol–water partition coefficient (Wildman–Crippen LogP) is 1.89. The maximum atomic E-state index is 11.2. The van der Waals surface area contributed by atoms with E-state index in [2.05, 4.69) is 5.10 Å². The van der Waals surface area contributed by atoms with Gasteiger partial charge >= 0.3 is 0 Å². The van der Waals surface area contributed by atoms with Crippen molar-refractivity contribution >= 4 is 17.5 Å². The molecule has 64 valence electrons. The second-order valence-electron chi connectivity index (χ2n) is 2.47. The molecule has 0 aliphatic heterocycles. The number of halogens is 1. The molecule has 1 aromatic heterocycles. The van der Waals surface area contributed by atoms with Gasteiger partial charge in [-0.2, -0.15) is 5.10 Å². The predicted molar refractivity (Wildman–Crippen MR) is 47.3 cm³/mol. The Morgan fingerprint density at radius 3 is 2.75 bits per heavy atom. The Morgan fingerprint density at radius 1 is 1.67 bits per heavy atom. The van der Waals surface area contributed by atoms with E-state index in [0.717, 1.165) is 11.4 Å². The molecule has 0 aromatic carbocycles. The van der Waals surface area contributed by atoms with Gasteiger partial charge in [0.05, 0.1) is 5.69 Å². The average Bonchev–Trinajstić information content (AvgIpc) is 2.30. The molecule has 0 amide bonds. The Morgan fingerprint density at radius 2 is 2.33 bits per heavy atom. The van der Waals surface area contributed by atoms with Crippen LogP contribution in [0.3, 0.4) is 0 Å². The van der Waals surface area contributed by atoms with E-state index in [4.69, 9.17) is 11.6 Å². The molecule has 0 unspecified atom stereocenters. The molecule has 0 radical (unpaired) electrons. The van der Waals surface area contributed by atoms with Crippen LogP contribution in [-0.4, -0.2) is 15.7 Å². The van der Waals surface area contributed by atoms with E-state index in [9.17, 15) is 4.79 Å². The molecular formula is C8H9ClN2O. The topological polar surface area (TPSA) is 34.9 Å². The first-order chi connectivity index (χ1) is 5.65. The first-order valence-corrected chi connectivity index (χ1v) is 3.93. The highest BCUT2D eigenvalue weighted by molar-refractivity contribution is 6.26. The van der Waals surface area contributed by atoms with Gasteiger partial charge in [0.1, 0.15) is 0 Å². The summed E-state index contributed by atoms with van der Waals surface area (Å²) in [5.41, 5.74) is 2.81. The molecule has 12 heavy (non-hydrogen) atoms. The van der Waals surface area contributed by atoms with Gasteiger partial charge in [-0.15, -0.1) is 0 Å². The number of hydrogen-bond donors (Lipinski definition) is 0. The Labute approximate surface area is 75.6 Å². The lowest BCUT2D eigenvalue weighted by Crippen LogP contribution is -2.10. The van der Waals surface area contributed by atoms with Gasteiger partial charge in [0.2, 0.25) is 0 Å². The monoisotopic (exact) mass is 184 g/mol. The maximum Gasteiger partial charge on any atom is 0.271 e. The van der Waals surface area contributed by atoms with Gasteiger partial charge in [-0.1, -0.05) is 11.6 Å². The summed E-state index contributed by atoms with van der Waals surface area (Å²) in [7, 11) is 0. The number of aromatic nitrogens is 2. The van der Waals surface area contributed by atoms with E-state index >= 15 is 0 Å². The summed E-state index contributed by atoms with van der Waals surface area (Å²) >= 11 is 5.26. The van der Waals surface area contributed by atoms with E-state index in [1.165, 1.54) is 16.3 Å². The van der Waals surface area contributed by atoms with E-state index in [1.807, 2.05) is 19.9 Å². The van der Waals surface area contributed by atoms with Gasteiger partial charge in [-0.3, -0.25) is 4.79 Å². The number of nitrogens with zero attached hydrogens (tertiary/aromatic N) is 2. The van der Waals surface area contributed by atoms with Crippen molar-refractivity contribution in [2.24, 2.45) is 0 Å². The minimum Gasteiger partial charge on any atom is -0.267 e. The zero-order valence-electron chi connectivity index (χ0n) is 6.91. The fraction of sp³-hybridized carbons (Fsp3) is 0.250. The molecule has 0 aliphatic rings. The third-order valence-electron chi connectivity index (χ3n) is 1.42. The van der Waals surface area contributed by atoms with E-state index < -0.39 is 0 Å². The molecule has 1 heterocycles. The van der Waals surface area contributed by atoms with Crippen molar-refractivity contribution in [3.8, 4) is 0 Å². The molecule has 0 saturated heterocycles. The third kappa shape index (κ3) is 1.74. The Kier molecular flexibility index (Phi) is 2.65. The quantitative estimate of drug-likeness (QED) is 0.625. The molecular weight excluding hydrogens is 176 g/mol. The molecule has 3 nitrogen and oxygen atoms in total. The van der Waals surface area contributed by atoms with Gasteiger partial charge in [-0.25, -0.2) is 4.68 Å². The van der Waals surface area contributed by atoms with Crippen molar-refractivity contribution in [3.05, 3.63) is 29.1 Å². The molecule has 0 aliphatic carbocycles. The van der Waals surface area contributed by atoms with Crippen LogP contribution in [0.4, 0.5) is 0 Å². The molecule has 0 atom stereocenters. The van der Waals surface area contributed by atoms with Crippen molar-refractivity contribution in [1.29, 1.82) is 0 Å². The maximum absolute atomic E-state index is 11.2. The van der Waals surface area contributed by atoms with E-state index in [1.54, 1.807) is 0 Å². The second kappa shape index (κ2) is 3.54. The minimum absolute atomic E-state index is 0.226. The van der Waals surface area contributed by atoms with Crippen LogP contribution < -0.4 is 0 Å². The summed E-state index contributed by atoms with van der Waals surface area (Å²) < 4.78 is 1.31. The minimum atomic E-state index is -0.226. The van der Waals surface area contributed by atoms with Crippen LogP contribution in [0.1, 0.15) is 16.2 Å². The molecule has 1 rings (SSSR count). The van der Waals surface area contributed by atoms with Crippen LogP contribution in [0.2, 0.25) is 0 Å². The lowest BCUT2D eigenvalue weighted by atomic mass is 10.4. The van der Waals surface area contributed by atoms with Crippen LogP contribution in [0.25, 0.3) is 0 Å². The lowest BCUT2D eigenvalue weighted by molar-refractivity contribution is 0.0951. The van der Waals surface area contributed by atoms with Crippen LogP contribution in [0, 0.1) is 13.8 Å². The van der Waals surface area contributed by atoms with Crippen LogP contribution in [0.5, 0.6) is 0 Å². The molecule has 0 N–H and O–H groups in total. The number of allylic oxidation sites excluding steroid dienone is 1. The highest BCUT2D eigenvalue weighted by Gasteiger charge is 2.05. The molecule has 1 aromatic rings. The molecule has 0 bridgehead atoms. The third-order valence-corrected chi connectivity index (χ3v) is 1.55. The summed E-state index contributed by atoms with van der Waals surface area (Å²) in [5.74, 6) is -0.226. The lowest BCUT2D eigenvalue weighted by Gasteiger charge is -1.95. The van der Waals surface area contributed by atoms with Crippen molar-refractivity contribution in [3.63, 3.8) is 0 Å². The Bertz CT molecular complexity index is 328. The number of hydrogen-bond acceptors (Lipinski definition) is 2. The van der Waals surface area contributed by atoms with Gasteiger partial charge in [0, 0.05) is 17.3 Å². The highest BCUT2D eigenvalue weighted by atomic mass is 35.5. The fourth-order valence-electron chi connectivity index (χ4n) is 0.977. The van der Waals surface area contributed by atoms with Crippen LogP contribution >= 0.6 is 11.6 Å². The first kappa shape index (κ1) is 9.00. The number of carbonyl (C=O) groups excluding carboxylic acids is 1. The Hall–Kier alpha value is -1.09. The molecule has 4 heteroatoms. The van der Waals surface area contributed by atoms with Crippen LogP contribution in [-0.2, 0) is 0 Å². The molecule has 0 fully saturated rings. The van der Waals surface area contributed by atoms with Crippen molar-refractivity contribution < 1.29 is 4.79 Å². The first-order valence-electron chi connectivity index (χ1n) is 3.49. The fourth-order valence-corrected chi connectivity index (χ4v) is 1.08. The summed E-state index contributed by atoms with van der Waals surface area (Å²) in [6, 6.07) is 1.83. The van der Waals surface area contributed by atoms with Crippen molar-refractivity contribution in [2.75, 3.05) is 0 Å². The number of rotatable bonds is 1. The number of aryl methyl sites for hydroxylation is 2. The standard InChI is InChI=1S/C8H9ClN2O/c1-6-5-7(2)11(10-6)8(12)3-4-9/h3-5H,1-2H3/b4-3+. The normalized spacial score (nSPS) is 10.9. The second-order valence-corrected chi connectivity index (χ2v) is 2.72. The molecule has 0 saturated carbocycles. The van der Waals surface area contributed by atoms with Crippen molar-refractivity contribution in [1.82, 2.24) is 9.78 Å². The van der Waals surface area contributed by atoms with Gasteiger partial charge in [-0.05, 0) is 19.9 Å². The highest BCUT2D eigenvalue weighted by Crippen LogP contribution is 2.01. The Balaban J connectivity index is 3.02. The summed E-state index contributed by atoms with van der Waals surface area (Å²) in [5, 5.41) is 3.99. The number of carbonyl (C=O) groups is 1. The van der Waals surface area contributed by atoms with Gasteiger partial charge in [0.15, 0.2) is 0 Å². The van der Waals surface area contributed by atoms with Crippen LogP contribution in [0.15, 0.2) is 17.7 Å². The van der Waals surface area contributed by atoms with E-state index in [0.29, 0.717) is 0 Å². The zero-order chi connectivity index (χ0) is 9.14.